The van der Waals surface area contributed by atoms with Crippen molar-refractivity contribution < 1.29 is 0 Å². The van der Waals surface area contributed by atoms with Gasteiger partial charge in [0.15, 0.2) is 0 Å². The zero-order chi connectivity index (χ0) is 39.4. The van der Waals surface area contributed by atoms with Crippen LogP contribution in [0.15, 0.2) is 249 Å². The topological polar surface area (TPSA) is 3.24 Å². The molecule has 59 heavy (non-hydrogen) atoms. The van der Waals surface area contributed by atoms with Crippen LogP contribution < -0.4 is 4.90 Å². The van der Waals surface area contributed by atoms with Crippen molar-refractivity contribution in [2.75, 3.05) is 4.90 Å². The fourth-order valence-electron chi connectivity index (χ4n) is 8.42. The molecule has 0 unspecified atom stereocenters. The first-order valence-corrected chi connectivity index (χ1v) is 20.3. The van der Waals surface area contributed by atoms with Crippen LogP contribution in [0.3, 0.4) is 0 Å². The van der Waals surface area contributed by atoms with Gasteiger partial charge in [0, 0.05) is 16.9 Å². The number of para-hydroxylation sites is 1. The van der Waals surface area contributed by atoms with E-state index in [1.54, 1.807) is 0 Å². The molecule has 0 N–H and O–H groups in total. The minimum atomic E-state index is 1.09. The van der Waals surface area contributed by atoms with E-state index >= 15 is 0 Å². The van der Waals surface area contributed by atoms with Gasteiger partial charge in [0.1, 0.15) is 0 Å². The first-order chi connectivity index (χ1) is 29.3. The van der Waals surface area contributed by atoms with Crippen molar-refractivity contribution in [1.29, 1.82) is 0 Å². The maximum absolute atomic E-state index is 2.41. The first kappa shape index (κ1) is 35.7. The summed E-state index contributed by atoms with van der Waals surface area (Å²) in [6.45, 7) is 0. The second-order valence-corrected chi connectivity index (χ2v) is 14.9. The van der Waals surface area contributed by atoms with Crippen LogP contribution in [0.1, 0.15) is 0 Å². The molecular weight excluding hydrogens is 711 g/mol. The second-order valence-electron chi connectivity index (χ2n) is 14.9. The fraction of sp³-hybridized carbons (Fsp3) is 0. The lowest BCUT2D eigenvalue weighted by Crippen LogP contribution is -2.11. The molecule has 10 rings (SSSR count). The Labute approximate surface area is 346 Å². The van der Waals surface area contributed by atoms with Crippen molar-refractivity contribution in [1.82, 2.24) is 0 Å². The highest BCUT2D eigenvalue weighted by Gasteiger charge is 2.20. The summed E-state index contributed by atoms with van der Waals surface area (Å²) in [5.41, 5.74) is 17.7. The summed E-state index contributed by atoms with van der Waals surface area (Å²) in [4.78, 5) is 2.41. The minimum absolute atomic E-state index is 1.09. The summed E-state index contributed by atoms with van der Waals surface area (Å²) in [7, 11) is 0. The highest BCUT2D eigenvalue weighted by Crippen LogP contribution is 2.46. The normalized spacial score (nSPS) is 11.1. The summed E-state index contributed by atoms with van der Waals surface area (Å²) in [6, 6.07) is 89.8. The van der Waals surface area contributed by atoms with Crippen molar-refractivity contribution in [3.63, 3.8) is 0 Å². The molecule has 0 saturated heterocycles. The molecule has 0 saturated carbocycles. The van der Waals surface area contributed by atoms with Crippen molar-refractivity contribution in [3.05, 3.63) is 249 Å². The standard InChI is InChI=1S/C58H41N/c1-3-16-42(17-4-1)43-30-32-44(33-31-43)45-34-38-49(39-35-45)59(50-40-36-48(37-41-50)52-28-15-21-47-20-7-8-22-51(47)52)58-29-14-13-27-57(58)56-26-12-11-25-55(56)54-24-10-9-23-53(54)46-18-5-2-6-19-46/h1-41H. The Balaban J connectivity index is 1.09. The Hall–Kier alpha value is -7.74. The highest BCUT2D eigenvalue weighted by atomic mass is 15.1. The molecule has 1 heteroatoms. The number of hydrogen-bond donors (Lipinski definition) is 0. The molecule has 0 fully saturated rings. The van der Waals surface area contributed by atoms with E-state index in [4.69, 9.17) is 0 Å². The lowest BCUT2D eigenvalue weighted by Gasteiger charge is -2.29. The summed E-state index contributed by atoms with van der Waals surface area (Å²) in [5, 5.41) is 2.50. The molecular formula is C58H41N. The van der Waals surface area contributed by atoms with Crippen LogP contribution in [0.25, 0.3) is 77.5 Å². The lowest BCUT2D eigenvalue weighted by atomic mass is 9.88. The number of hydrogen-bond acceptors (Lipinski definition) is 1. The number of nitrogens with zero attached hydrogens (tertiary/aromatic N) is 1. The lowest BCUT2D eigenvalue weighted by molar-refractivity contribution is 1.28. The van der Waals surface area contributed by atoms with E-state index in [1.807, 2.05) is 0 Å². The second kappa shape index (κ2) is 16.0. The monoisotopic (exact) mass is 751 g/mol. The van der Waals surface area contributed by atoms with E-state index in [1.165, 1.54) is 72.0 Å². The molecule has 0 heterocycles. The van der Waals surface area contributed by atoms with E-state index in [2.05, 4.69) is 254 Å². The van der Waals surface area contributed by atoms with Crippen LogP contribution in [0.4, 0.5) is 17.1 Å². The number of anilines is 3. The average molecular weight is 752 g/mol. The summed E-state index contributed by atoms with van der Waals surface area (Å²) >= 11 is 0. The Morgan fingerprint density at radius 1 is 0.203 bits per heavy atom. The maximum Gasteiger partial charge on any atom is 0.0540 e. The van der Waals surface area contributed by atoms with Gasteiger partial charge >= 0.3 is 0 Å². The molecule has 10 aromatic carbocycles. The van der Waals surface area contributed by atoms with E-state index in [-0.39, 0.29) is 0 Å². The smallest absolute Gasteiger partial charge is 0.0540 e. The molecule has 0 amide bonds. The minimum Gasteiger partial charge on any atom is -0.310 e. The van der Waals surface area contributed by atoms with Crippen molar-refractivity contribution in [3.8, 4) is 66.8 Å². The summed E-state index contributed by atoms with van der Waals surface area (Å²) in [5.74, 6) is 0. The predicted octanol–water partition coefficient (Wildman–Crippen LogP) is 16.3. The van der Waals surface area contributed by atoms with Crippen LogP contribution in [0.2, 0.25) is 0 Å². The molecule has 0 bridgehead atoms. The van der Waals surface area contributed by atoms with Crippen LogP contribution >= 0.6 is 0 Å². The van der Waals surface area contributed by atoms with Gasteiger partial charge in [-0.1, -0.05) is 218 Å². The van der Waals surface area contributed by atoms with E-state index in [0.29, 0.717) is 0 Å². The van der Waals surface area contributed by atoms with Crippen molar-refractivity contribution in [2.24, 2.45) is 0 Å². The first-order valence-electron chi connectivity index (χ1n) is 20.3. The Kier molecular flexibility index (Phi) is 9.68. The van der Waals surface area contributed by atoms with E-state index < -0.39 is 0 Å². The SMILES string of the molecule is c1ccc(-c2ccc(-c3ccc(N(c4ccc(-c5cccc6ccccc56)cc4)c4ccccc4-c4ccccc4-c4ccccc4-c4ccccc4)cc3)cc2)cc1. The average Bonchev–Trinajstić information content (AvgIpc) is 3.33. The van der Waals surface area contributed by atoms with Gasteiger partial charge in [-0.05, 0) is 102 Å². The fourth-order valence-corrected chi connectivity index (χ4v) is 8.42. The molecule has 1 nitrogen and oxygen atoms in total. The van der Waals surface area contributed by atoms with E-state index in [9.17, 15) is 0 Å². The summed E-state index contributed by atoms with van der Waals surface area (Å²) in [6.07, 6.45) is 0. The largest absolute Gasteiger partial charge is 0.310 e. The Morgan fingerprint density at radius 2 is 0.559 bits per heavy atom. The van der Waals surface area contributed by atoms with Gasteiger partial charge in [0.2, 0.25) is 0 Å². The van der Waals surface area contributed by atoms with Gasteiger partial charge in [0.25, 0.3) is 0 Å². The highest BCUT2D eigenvalue weighted by molar-refractivity contribution is 5.99. The molecule has 0 aromatic heterocycles. The molecule has 0 radical (unpaired) electrons. The van der Waals surface area contributed by atoms with Crippen LogP contribution in [-0.4, -0.2) is 0 Å². The van der Waals surface area contributed by atoms with E-state index in [0.717, 1.165) is 22.6 Å². The third kappa shape index (κ3) is 7.12. The molecule has 278 valence electrons. The molecule has 0 aliphatic rings. The van der Waals surface area contributed by atoms with Crippen molar-refractivity contribution >= 4 is 27.8 Å². The third-order valence-corrected chi connectivity index (χ3v) is 11.3. The quantitative estimate of drug-likeness (QED) is 0.142. The molecule has 10 aromatic rings. The molecule has 0 spiro atoms. The zero-order valence-electron chi connectivity index (χ0n) is 32.6. The molecule has 0 atom stereocenters. The van der Waals surface area contributed by atoms with Gasteiger partial charge in [0.05, 0.1) is 5.69 Å². The third-order valence-electron chi connectivity index (χ3n) is 11.3. The number of rotatable bonds is 9. The molecule has 0 aliphatic carbocycles. The predicted molar refractivity (Wildman–Crippen MR) is 251 cm³/mol. The van der Waals surface area contributed by atoms with Crippen LogP contribution in [-0.2, 0) is 0 Å². The van der Waals surface area contributed by atoms with Gasteiger partial charge in [-0.2, -0.15) is 0 Å². The van der Waals surface area contributed by atoms with Gasteiger partial charge in [-0.3, -0.25) is 0 Å². The van der Waals surface area contributed by atoms with Crippen LogP contribution in [0.5, 0.6) is 0 Å². The Morgan fingerprint density at radius 3 is 1.17 bits per heavy atom. The Bertz CT molecular complexity index is 3000. The van der Waals surface area contributed by atoms with Gasteiger partial charge in [-0.25, -0.2) is 0 Å². The number of benzene rings is 10. The number of fused-ring (bicyclic) bond motifs is 1. The summed E-state index contributed by atoms with van der Waals surface area (Å²) < 4.78 is 0. The maximum atomic E-state index is 2.41. The van der Waals surface area contributed by atoms with Gasteiger partial charge < -0.3 is 4.90 Å². The van der Waals surface area contributed by atoms with Gasteiger partial charge in [-0.15, -0.1) is 0 Å². The molecule has 0 aliphatic heterocycles. The van der Waals surface area contributed by atoms with Crippen molar-refractivity contribution in [2.45, 2.75) is 0 Å². The zero-order valence-corrected chi connectivity index (χ0v) is 32.6. The van der Waals surface area contributed by atoms with Crippen LogP contribution in [0, 0.1) is 0 Å².